The number of unbranched alkanes of at least 4 members (excludes halogenated alkanes) is 30. The first kappa shape index (κ1) is 55.5. The molecule has 10 heteroatoms. The topological polar surface area (TPSA) is 134 Å². The molecule has 0 spiro atoms. The van der Waals surface area contributed by atoms with Crippen LogP contribution in [0.15, 0.2) is 24.8 Å². The summed E-state index contributed by atoms with van der Waals surface area (Å²) in [5.74, 6) is -0.822. The molecule has 0 aromatic rings. The van der Waals surface area contributed by atoms with Crippen LogP contribution in [-0.2, 0) is 32.7 Å². The molecule has 0 aromatic heterocycles. The number of nitrogens with two attached hydrogens (primary N) is 1. The largest absolute Gasteiger partial charge is 0.472 e. The zero-order valence-corrected chi connectivity index (χ0v) is 37.8. The van der Waals surface area contributed by atoms with Gasteiger partial charge < -0.3 is 20.1 Å². The monoisotopic (exact) mass is 828 g/mol. The second kappa shape index (κ2) is 44.1. The van der Waals surface area contributed by atoms with Crippen LogP contribution in [-0.4, -0.2) is 49.3 Å². The van der Waals surface area contributed by atoms with Gasteiger partial charge in [-0.05, 0) is 51.4 Å². The Morgan fingerprint density at radius 2 is 0.947 bits per heavy atom. The Balaban J connectivity index is 4.04. The van der Waals surface area contributed by atoms with E-state index in [1.54, 1.807) is 0 Å². The summed E-state index contributed by atoms with van der Waals surface area (Å²) in [6.07, 6.45) is 46.7. The fourth-order valence-corrected chi connectivity index (χ4v) is 7.67. The van der Waals surface area contributed by atoms with Crippen molar-refractivity contribution >= 4 is 19.8 Å². The maximum Gasteiger partial charge on any atom is 0.472 e. The molecule has 2 atom stereocenters. The van der Waals surface area contributed by atoms with Crippen LogP contribution in [0.4, 0.5) is 0 Å². The van der Waals surface area contributed by atoms with Crippen molar-refractivity contribution in [3.63, 3.8) is 0 Å². The van der Waals surface area contributed by atoms with Gasteiger partial charge in [0, 0.05) is 19.4 Å². The summed E-state index contributed by atoms with van der Waals surface area (Å²) in [4.78, 5) is 34.9. The third-order valence-electron chi connectivity index (χ3n) is 10.5. The third-order valence-corrected chi connectivity index (χ3v) is 11.4. The number of ether oxygens (including phenoxy) is 2. The quantitative estimate of drug-likeness (QED) is 0.0266. The molecule has 1 unspecified atom stereocenters. The predicted molar refractivity (Wildman–Crippen MR) is 238 cm³/mol. The van der Waals surface area contributed by atoms with Crippen LogP contribution in [0, 0.1) is 0 Å². The van der Waals surface area contributed by atoms with Crippen molar-refractivity contribution in [3.8, 4) is 0 Å². The summed E-state index contributed by atoms with van der Waals surface area (Å²) in [5, 5.41) is 0. The first-order valence-electron chi connectivity index (χ1n) is 23.8. The Morgan fingerprint density at radius 1 is 0.561 bits per heavy atom. The first-order chi connectivity index (χ1) is 27.8. The van der Waals surface area contributed by atoms with E-state index in [-0.39, 0.29) is 38.6 Å². The molecule has 0 fully saturated rings. The molecule has 0 heterocycles. The number of rotatable bonds is 46. The Morgan fingerprint density at radius 3 is 1.37 bits per heavy atom. The molecule has 0 aliphatic rings. The van der Waals surface area contributed by atoms with Gasteiger partial charge in [0.2, 0.25) is 0 Å². The van der Waals surface area contributed by atoms with Crippen molar-refractivity contribution in [1.29, 1.82) is 0 Å². The Kier molecular flexibility index (Phi) is 42.9. The number of carbonyl (C=O) groups excluding carboxylic acids is 2. The molecular formula is C47H90NO8P. The fraction of sp³-hybridized carbons (Fsp3) is 0.872. The van der Waals surface area contributed by atoms with E-state index in [2.05, 4.69) is 25.7 Å². The molecule has 0 saturated carbocycles. The maximum atomic E-state index is 12.6. The highest BCUT2D eigenvalue weighted by atomic mass is 31.2. The van der Waals surface area contributed by atoms with Crippen LogP contribution in [0.3, 0.4) is 0 Å². The van der Waals surface area contributed by atoms with Crippen molar-refractivity contribution in [3.05, 3.63) is 24.8 Å². The summed E-state index contributed by atoms with van der Waals surface area (Å²) in [6, 6.07) is 0. The number of hydrogen-bond acceptors (Lipinski definition) is 8. The van der Waals surface area contributed by atoms with Gasteiger partial charge in [0.15, 0.2) is 6.10 Å². The zero-order valence-electron chi connectivity index (χ0n) is 36.9. The van der Waals surface area contributed by atoms with Crippen molar-refractivity contribution in [1.82, 2.24) is 0 Å². The highest BCUT2D eigenvalue weighted by Gasteiger charge is 2.26. The van der Waals surface area contributed by atoms with Crippen LogP contribution < -0.4 is 5.73 Å². The Labute approximate surface area is 351 Å². The van der Waals surface area contributed by atoms with Crippen molar-refractivity contribution in [2.75, 3.05) is 26.4 Å². The standard InChI is InChI=1S/C47H90NO8P/c1-3-5-7-9-11-13-15-17-19-20-21-22-23-24-26-28-30-32-34-36-38-40-47(50)56-45(44-55-57(51,52)54-42-41-48)43-53-46(49)39-37-35-33-31-29-27-25-18-16-14-12-10-8-6-4-2/h4,17,19,45H,2-3,5-16,18,20-44,48H2,1H3,(H,51,52)/b19-17+/t45-/m1/s1. The Bertz CT molecular complexity index is 977. The number of phosphoric acid groups is 1. The lowest BCUT2D eigenvalue weighted by atomic mass is 10.0. The van der Waals surface area contributed by atoms with Gasteiger partial charge in [-0.3, -0.25) is 18.6 Å². The van der Waals surface area contributed by atoms with Gasteiger partial charge in [0.25, 0.3) is 0 Å². The second-order valence-corrected chi connectivity index (χ2v) is 17.5. The highest BCUT2D eigenvalue weighted by molar-refractivity contribution is 7.47. The molecule has 0 bridgehead atoms. The van der Waals surface area contributed by atoms with Crippen molar-refractivity contribution in [2.24, 2.45) is 5.73 Å². The molecule has 0 amide bonds. The molecule has 0 aliphatic heterocycles. The molecule has 57 heavy (non-hydrogen) atoms. The van der Waals surface area contributed by atoms with Crippen molar-refractivity contribution < 1.29 is 37.6 Å². The number of hydrogen-bond donors (Lipinski definition) is 2. The lowest BCUT2D eigenvalue weighted by molar-refractivity contribution is -0.161. The van der Waals surface area contributed by atoms with Crippen LogP contribution >= 0.6 is 7.82 Å². The lowest BCUT2D eigenvalue weighted by Crippen LogP contribution is -2.29. The van der Waals surface area contributed by atoms with Gasteiger partial charge in [-0.25, -0.2) is 4.57 Å². The van der Waals surface area contributed by atoms with Gasteiger partial charge >= 0.3 is 19.8 Å². The third kappa shape index (κ3) is 43.9. The molecule has 0 aliphatic carbocycles. The number of esters is 2. The molecule has 3 N–H and O–H groups in total. The van der Waals surface area contributed by atoms with E-state index < -0.39 is 26.5 Å². The van der Waals surface area contributed by atoms with E-state index in [1.165, 1.54) is 161 Å². The van der Waals surface area contributed by atoms with Crippen LogP contribution in [0.1, 0.15) is 232 Å². The summed E-state index contributed by atoms with van der Waals surface area (Å²) in [6.45, 7) is 5.28. The number of allylic oxidation sites excluding steroid dienone is 3. The number of carbonyl (C=O) groups is 2. The van der Waals surface area contributed by atoms with Crippen molar-refractivity contribution in [2.45, 2.75) is 238 Å². The van der Waals surface area contributed by atoms with Gasteiger partial charge in [-0.15, -0.1) is 6.58 Å². The Hall–Kier alpha value is -1.51. The molecule has 336 valence electrons. The van der Waals surface area contributed by atoms with Gasteiger partial charge in [0.1, 0.15) is 6.61 Å². The predicted octanol–water partition coefficient (Wildman–Crippen LogP) is 13.9. The first-order valence-corrected chi connectivity index (χ1v) is 25.3. The van der Waals surface area contributed by atoms with Crippen LogP contribution in [0.25, 0.3) is 0 Å². The average Bonchev–Trinajstić information content (AvgIpc) is 3.20. The smallest absolute Gasteiger partial charge is 0.462 e. The maximum absolute atomic E-state index is 12.6. The average molecular weight is 828 g/mol. The molecule has 0 radical (unpaired) electrons. The van der Waals surface area contributed by atoms with Gasteiger partial charge in [-0.2, -0.15) is 0 Å². The normalized spacial score (nSPS) is 13.2. The zero-order chi connectivity index (χ0) is 41.8. The highest BCUT2D eigenvalue weighted by Crippen LogP contribution is 2.43. The molecule has 0 aromatic carbocycles. The van der Waals surface area contributed by atoms with E-state index in [0.717, 1.165) is 44.9 Å². The van der Waals surface area contributed by atoms with Gasteiger partial charge in [-0.1, -0.05) is 186 Å². The van der Waals surface area contributed by atoms with E-state index >= 15 is 0 Å². The second-order valence-electron chi connectivity index (χ2n) is 16.1. The van der Waals surface area contributed by atoms with Crippen LogP contribution in [0.2, 0.25) is 0 Å². The molecule has 0 saturated heterocycles. The lowest BCUT2D eigenvalue weighted by Gasteiger charge is -2.19. The minimum absolute atomic E-state index is 0.0544. The molecule has 9 nitrogen and oxygen atoms in total. The minimum Gasteiger partial charge on any atom is -0.462 e. The molecular weight excluding hydrogens is 737 g/mol. The summed E-state index contributed by atoms with van der Waals surface area (Å²) in [5.41, 5.74) is 5.36. The number of phosphoric ester groups is 1. The SMILES string of the molecule is C=CCCCCCCCCCCCCCCCC(=O)OC[C@H](COP(=O)(O)OCCN)OC(=O)CCCCCCCCCCCCC/C=C/CCCCCCCC. The minimum atomic E-state index is -4.38. The molecule has 0 rings (SSSR count). The summed E-state index contributed by atoms with van der Waals surface area (Å²) < 4.78 is 32.9. The summed E-state index contributed by atoms with van der Waals surface area (Å²) in [7, 11) is -4.38. The van der Waals surface area contributed by atoms with E-state index in [0.29, 0.717) is 6.42 Å². The van der Waals surface area contributed by atoms with Gasteiger partial charge in [0.05, 0.1) is 13.2 Å². The van der Waals surface area contributed by atoms with E-state index in [9.17, 15) is 19.0 Å². The van der Waals surface area contributed by atoms with Crippen LogP contribution in [0.5, 0.6) is 0 Å². The fourth-order valence-electron chi connectivity index (χ4n) is 6.90. The van der Waals surface area contributed by atoms with E-state index in [4.69, 9.17) is 24.3 Å². The van der Waals surface area contributed by atoms with E-state index in [1.807, 2.05) is 6.08 Å². The summed E-state index contributed by atoms with van der Waals surface area (Å²) >= 11 is 0.